The van der Waals surface area contributed by atoms with Crippen molar-refractivity contribution < 1.29 is 9.59 Å². The maximum atomic E-state index is 11.9. The Hall–Kier alpha value is -2.62. The van der Waals surface area contributed by atoms with Crippen LogP contribution >= 0.6 is 0 Å². The molecule has 2 amide bonds. The number of hydrogen-bond donors (Lipinski definition) is 2. The van der Waals surface area contributed by atoms with Crippen LogP contribution in [0.25, 0.3) is 0 Å². The van der Waals surface area contributed by atoms with Gasteiger partial charge in [-0.2, -0.15) is 0 Å². The predicted octanol–water partition coefficient (Wildman–Crippen LogP) is 3.06. The summed E-state index contributed by atoms with van der Waals surface area (Å²) in [6.07, 6.45) is 0.242. The number of benzene rings is 2. The molecule has 4 nitrogen and oxygen atoms in total. The lowest BCUT2D eigenvalue weighted by Crippen LogP contribution is -2.27. The fourth-order valence-electron chi connectivity index (χ4n) is 2.15. The standard InChI is InChI=1S/C18H20N2O2/c1-13-8-9-16(14(2)12-13)20-17(21)10-11-19-18(22)15-6-4-3-5-7-15/h3-9,12H,10-11H2,1-2H3,(H,19,22)(H,20,21). The summed E-state index contributed by atoms with van der Waals surface area (Å²) in [5, 5.41) is 5.60. The molecular weight excluding hydrogens is 276 g/mol. The minimum Gasteiger partial charge on any atom is -0.352 e. The van der Waals surface area contributed by atoms with Crippen LogP contribution < -0.4 is 10.6 Å². The molecule has 0 aliphatic carbocycles. The molecule has 0 spiro atoms. The third kappa shape index (κ3) is 4.45. The molecule has 2 N–H and O–H groups in total. The average molecular weight is 296 g/mol. The zero-order valence-electron chi connectivity index (χ0n) is 12.8. The van der Waals surface area contributed by atoms with Gasteiger partial charge in [0.2, 0.25) is 5.91 Å². The second-order valence-electron chi connectivity index (χ2n) is 5.24. The Morgan fingerprint density at radius 3 is 2.41 bits per heavy atom. The van der Waals surface area contributed by atoms with Crippen molar-refractivity contribution >= 4 is 17.5 Å². The molecule has 22 heavy (non-hydrogen) atoms. The van der Waals surface area contributed by atoms with E-state index in [0.29, 0.717) is 12.1 Å². The summed E-state index contributed by atoms with van der Waals surface area (Å²) in [6, 6.07) is 14.8. The van der Waals surface area contributed by atoms with Gasteiger partial charge in [-0.25, -0.2) is 0 Å². The highest BCUT2D eigenvalue weighted by molar-refractivity contribution is 5.95. The summed E-state index contributed by atoms with van der Waals surface area (Å²) in [4.78, 5) is 23.7. The van der Waals surface area contributed by atoms with Gasteiger partial charge < -0.3 is 10.6 Å². The number of aryl methyl sites for hydroxylation is 2. The van der Waals surface area contributed by atoms with Crippen LogP contribution in [0, 0.1) is 13.8 Å². The van der Waals surface area contributed by atoms with Gasteiger partial charge in [-0.15, -0.1) is 0 Å². The SMILES string of the molecule is Cc1ccc(NC(=O)CCNC(=O)c2ccccc2)c(C)c1. The maximum Gasteiger partial charge on any atom is 0.251 e. The molecule has 0 saturated heterocycles. The van der Waals surface area contributed by atoms with Gasteiger partial charge in [-0.3, -0.25) is 9.59 Å². The summed E-state index contributed by atoms with van der Waals surface area (Å²) in [5.74, 6) is -0.278. The third-order valence-electron chi connectivity index (χ3n) is 3.33. The van der Waals surface area contributed by atoms with Gasteiger partial charge >= 0.3 is 0 Å². The molecule has 0 heterocycles. The number of amides is 2. The van der Waals surface area contributed by atoms with Gasteiger partial charge in [0.15, 0.2) is 0 Å². The minimum atomic E-state index is -0.167. The zero-order valence-corrected chi connectivity index (χ0v) is 12.8. The highest BCUT2D eigenvalue weighted by Crippen LogP contribution is 2.16. The van der Waals surface area contributed by atoms with Gasteiger partial charge in [0.05, 0.1) is 0 Å². The highest BCUT2D eigenvalue weighted by Gasteiger charge is 2.07. The number of rotatable bonds is 5. The lowest BCUT2D eigenvalue weighted by atomic mass is 10.1. The van der Waals surface area contributed by atoms with Crippen molar-refractivity contribution in [2.24, 2.45) is 0 Å². The van der Waals surface area contributed by atoms with Crippen LogP contribution in [0.4, 0.5) is 5.69 Å². The third-order valence-corrected chi connectivity index (χ3v) is 3.33. The first-order chi connectivity index (χ1) is 10.6. The van der Waals surface area contributed by atoms with Gasteiger partial charge in [-0.1, -0.05) is 35.9 Å². The van der Waals surface area contributed by atoms with E-state index in [0.717, 1.165) is 16.8 Å². The lowest BCUT2D eigenvalue weighted by Gasteiger charge is -2.09. The predicted molar refractivity (Wildman–Crippen MR) is 87.9 cm³/mol. The summed E-state index contributed by atoms with van der Waals surface area (Å²) in [6.45, 7) is 4.28. The average Bonchev–Trinajstić information content (AvgIpc) is 2.51. The Kier molecular flexibility index (Phi) is 5.31. The van der Waals surface area contributed by atoms with Crippen LogP contribution in [0.5, 0.6) is 0 Å². The van der Waals surface area contributed by atoms with E-state index in [1.807, 2.05) is 50.2 Å². The van der Waals surface area contributed by atoms with Gasteiger partial charge in [-0.05, 0) is 37.6 Å². The van der Waals surface area contributed by atoms with Crippen LogP contribution in [0.15, 0.2) is 48.5 Å². The van der Waals surface area contributed by atoms with Crippen molar-refractivity contribution in [1.29, 1.82) is 0 Å². The molecule has 0 bridgehead atoms. The first kappa shape index (κ1) is 15.8. The van der Waals surface area contributed by atoms with E-state index in [-0.39, 0.29) is 18.2 Å². The largest absolute Gasteiger partial charge is 0.352 e. The Labute approximate surface area is 130 Å². The molecule has 0 radical (unpaired) electrons. The van der Waals surface area contributed by atoms with E-state index >= 15 is 0 Å². The molecule has 2 rings (SSSR count). The molecule has 0 atom stereocenters. The van der Waals surface area contributed by atoms with Crippen molar-refractivity contribution in [1.82, 2.24) is 5.32 Å². The second kappa shape index (κ2) is 7.41. The van der Waals surface area contributed by atoms with E-state index in [1.54, 1.807) is 12.1 Å². The van der Waals surface area contributed by atoms with E-state index in [4.69, 9.17) is 0 Å². The molecule has 0 aromatic heterocycles. The van der Waals surface area contributed by atoms with E-state index in [2.05, 4.69) is 10.6 Å². The van der Waals surface area contributed by atoms with Crippen molar-refractivity contribution in [3.63, 3.8) is 0 Å². The van der Waals surface area contributed by atoms with Crippen molar-refractivity contribution in [3.05, 3.63) is 65.2 Å². The fourth-order valence-corrected chi connectivity index (χ4v) is 2.15. The Bertz CT molecular complexity index is 666. The van der Waals surface area contributed by atoms with E-state index in [9.17, 15) is 9.59 Å². The highest BCUT2D eigenvalue weighted by atomic mass is 16.2. The Morgan fingerprint density at radius 2 is 1.73 bits per heavy atom. The first-order valence-electron chi connectivity index (χ1n) is 7.26. The molecular formula is C18H20N2O2. The zero-order chi connectivity index (χ0) is 15.9. The van der Waals surface area contributed by atoms with Crippen molar-refractivity contribution in [3.8, 4) is 0 Å². The Balaban J connectivity index is 1.80. The van der Waals surface area contributed by atoms with Crippen LogP contribution in [0.3, 0.4) is 0 Å². The fraction of sp³-hybridized carbons (Fsp3) is 0.222. The molecule has 4 heteroatoms. The van der Waals surface area contributed by atoms with Gasteiger partial charge in [0.25, 0.3) is 5.91 Å². The monoisotopic (exact) mass is 296 g/mol. The smallest absolute Gasteiger partial charge is 0.251 e. The number of nitrogens with one attached hydrogen (secondary N) is 2. The van der Waals surface area contributed by atoms with Crippen LogP contribution in [-0.4, -0.2) is 18.4 Å². The molecule has 0 fully saturated rings. The first-order valence-corrected chi connectivity index (χ1v) is 7.26. The second-order valence-corrected chi connectivity index (χ2v) is 5.24. The minimum absolute atomic E-state index is 0.111. The number of carbonyl (C=O) groups is 2. The number of carbonyl (C=O) groups excluding carboxylic acids is 2. The summed E-state index contributed by atoms with van der Waals surface area (Å²) >= 11 is 0. The summed E-state index contributed by atoms with van der Waals surface area (Å²) in [5.41, 5.74) is 3.59. The van der Waals surface area contributed by atoms with E-state index < -0.39 is 0 Å². The van der Waals surface area contributed by atoms with Gasteiger partial charge in [0, 0.05) is 24.2 Å². The van der Waals surface area contributed by atoms with Crippen LogP contribution in [-0.2, 0) is 4.79 Å². The topological polar surface area (TPSA) is 58.2 Å². The normalized spacial score (nSPS) is 10.1. The maximum absolute atomic E-state index is 11.9. The number of hydrogen-bond acceptors (Lipinski definition) is 2. The molecule has 2 aromatic rings. The molecule has 0 saturated carbocycles. The number of anilines is 1. The van der Waals surface area contributed by atoms with Crippen LogP contribution in [0.1, 0.15) is 27.9 Å². The molecule has 2 aromatic carbocycles. The van der Waals surface area contributed by atoms with Crippen LogP contribution in [0.2, 0.25) is 0 Å². The Morgan fingerprint density at radius 1 is 1.00 bits per heavy atom. The van der Waals surface area contributed by atoms with E-state index in [1.165, 1.54) is 0 Å². The molecule has 114 valence electrons. The summed E-state index contributed by atoms with van der Waals surface area (Å²) < 4.78 is 0. The lowest BCUT2D eigenvalue weighted by molar-refractivity contribution is -0.116. The van der Waals surface area contributed by atoms with Crippen molar-refractivity contribution in [2.75, 3.05) is 11.9 Å². The summed E-state index contributed by atoms with van der Waals surface area (Å²) in [7, 11) is 0. The quantitative estimate of drug-likeness (QED) is 0.891. The molecule has 0 unspecified atom stereocenters. The van der Waals surface area contributed by atoms with Crippen molar-refractivity contribution in [2.45, 2.75) is 20.3 Å². The molecule has 0 aliphatic rings. The van der Waals surface area contributed by atoms with Gasteiger partial charge in [0.1, 0.15) is 0 Å². The molecule has 0 aliphatic heterocycles.